The Kier molecular flexibility index (Phi) is 6.07. The van der Waals surface area contributed by atoms with E-state index >= 15 is 0 Å². The van der Waals surface area contributed by atoms with Crippen LogP contribution in [-0.2, 0) is 27.9 Å². The Labute approximate surface area is 166 Å². The molecule has 0 atom stereocenters. The fraction of sp³-hybridized carbons (Fsp3) is 0.611. The van der Waals surface area contributed by atoms with Crippen LogP contribution in [0.25, 0.3) is 0 Å². The molecule has 0 saturated heterocycles. The summed E-state index contributed by atoms with van der Waals surface area (Å²) in [4.78, 5) is 12.9. The molecule has 2 amide bonds. The van der Waals surface area contributed by atoms with Crippen LogP contribution in [-0.4, -0.2) is 32.2 Å². The molecule has 1 aliphatic heterocycles. The van der Waals surface area contributed by atoms with Gasteiger partial charge in [0, 0.05) is 25.7 Å². The van der Waals surface area contributed by atoms with Gasteiger partial charge in [-0.25, -0.2) is 9.48 Å². The maximum absolute atomic E-state index is 12.6. The van der Waals surface area contributed by atoms with E-state index in [1.165, 1.54) is 6.20 Å². The van der Waals surface area contributed by atoms with Gasteiger partial charge in [-0.3, -0.25) is 4.68 Å². The van der Waals surface area contributed by atoms with Crippen molar-refractivity contribution in [2.24, 2.45) is 4.36 Å². The van der Waals surface area contributed by atoms with Crippen molar-refractivity contribution in [2.45, 2.75) is 70.9 Å². The van der Waals surface area contributed by atoms with E-state index in [-0.39, 0.29) is 11.8 Å². The first-order chi connectivity index (χ1) is 13.3. The molecule has 1 N–H and O–H groups in total. The molecule has 0 unspecified atom stereocenters. The van der Waals surface area contributed by atoms with E-state index in [0.717, 1.165) is 17.8 Å². The number of carbonyl (C=O) groups is 1. The van der Waals surface area contributed by atoms with E-state index in [4.69, 9.17) is 4.74 Å². The highest BCUT2D eigenvalue weighted by Crippen LogP contribution is 2.32. The average Bonchev–Trinajstić information content (AvgIpc) is 3.22. The van der Waals surface area contributed by atoms with Gasteiger partial charge in [0.05, 0.1) is 23.7 Å². The summed E-state index contributed by atoms with van der Waals surface area (Å²) in [5.74, 6) is 0.713. The number of nitrogens with zero attached hydrogens (tertiary/aromatic N) is 5. The van der Waals surface area contributed by atoms with Gasteiger partial charge in [-0.15, -0.1) is 10.6 Å². The Morgan fingerprint density at radius 1 is 1.36 bits per heavy atom. The number of hydrogen-bond donors (Lipinski definition) is 1. The molecule has 3 heterocycles. The Balaban J connectivity index is 1.91. The molecule has 0 radical (unpaired) electrons. The first-order valence-electron chi connectivity index (χ1n) is 9.57. The molecule has 9 nitrogen and oxygen atoms in total. The quantitative estimate of drug-likeness (QED) is 0.758. The van der Waals surface area contributed by atoms with E-state index in [1.54, 1.807) is 4.68 Å². The second-order valence-corrected chi connectivity index (χ2v) is 8.40. The van der Waals surface area contributed by atoms with Crippen LogP contribution in [0, 0.1) is 0 Å². The third kappa shape index (κ3) is 3.91. The Morgan fingerprint density at radius 3 is 2.75 bits per heavy atom. The zero-order valence-electron chi connectivity index (χ0n) is 16.9. The van der Waals surface area contributed by atoms with Crippen molar-refractivity contribution in [3.8, 4) is 5.88 Å². The number of fused-ring (bicyclic) bond motifs is 1. The number of nitrogens with one attached hydrogen (secondary N) is 1. The topological polar surface area (TPSA) is 103 Å². The number of aromatic nitrogens is 4. The minimum absolute atomic E-state index is 0.127. The molecule has 0 aliphatic carbocycles. The molecule has 0 spiro atoms. The number of carbonyl (C=O) groups excluding carboxylic acids is 1. The predicted octanol–water partition coefficient (Wildman–Crippen LogP) is 3.87. The highest BCUT2D eigenvalue weighted by Gasteiger charge is 2.22. The minimum Gasteiger partial charge on any atom is -0.479 e. The third-order valence-corrected chi connectivity index (χ3v) is 5.50. The number of amides is 2. The van der Waals surface area contributed by atoms with Gasteiger partial charge in [0.25, 0.3) is 0 Å². The van der Waals surface area contributed by atoms with E-state index < -0.39 is 16.6 Å². The normalized spacial score (nSPS) is 15.0. The zero-order valence-corrected chi connectivity index (χ0v) is 17.7. The summed E-state index contributed by atoms with van der Waals surface area (Å²) in [6.07, 6.45) is 2.29. The molecule has 0 aromatic carbocycles. The molecule has 1 aliphatic rings. The summed E-state index contributed by atoms with van der Waals surface area (Å²) in [7, 11) is -1.90. The number of rotatable bonds is 5. The van der Waals surface area contributed by atoms with Crippen molar-refractivity contribution in [2.75, 3.05) is 11.9 Å². The highest BCUT2D eigenvalue weighted by atomic mass is 32.2. The van der Waals surface area contributed by atoms with Crippen molar-refractivity contribution in [3.63, 3.8) is 0 Å². The molecule has 10 heteroatoms. The highest BCUT2D eigenvalue weighted by molar-refractivity contribution is 7.75. The van der Waals surface area contributed by atoms with Gasteiger partial charge in [0.15, 0.2) is 5.88 Å². The van der Waals surface area contributed by atoms with E-state index in [2.05, 4.69) is 33.7 Å². The molecule has 2 aromatic heterocycles. The molecule has 154 valence electrons. The van der Waals surface area contributed by atoms with Crippen molar-refractivity contribution >= 4 is 22.3 Å². The van der Waals surface area contributed by atoms with Crippen molar-refractivity contribution < 1.29 is 13.7 Å². The maximum Gasteiger partial charge on any atom is 0.322 e. The van der Waals surface area contributed by atoms with Crippen LogP contribution >= 0.6 is 0 Å². The SMILES string of the molecule is CCn1nc(C(C)C)c(NC(=O)N=[S-](=O)c2cnn3c2OCCC3)c1C(C)C. The molecular formula is C18H27N6O3S-. The second-order valence-electron chi connectivity index (χ2n) is 7.28. The van der Waals surface area contributed by atoms with Crippen LogP contribution in [0.1, 0.15) is 64.3 Å². The lowest BCUT2D eigenvalue weighted by atomic mass is 10.0. The lowest BCUT2D eigenvalue weighted by molar-refractivity contribution is 0.225. The fourth-order valence-electron chi connectivity index (χ4n) is 3.27. The lowest BCUT2D eigenvalue weighted by Gasteiger charge is -2.17. The van der Waals surface area contributed by atoms with Gasteiger partial charge in [0.1, 0.15) is 0 Å². The first kappa shape index (κ1) is 20.4. The smallest absolute Gasteiger partial charge is 0.322 e. The van der Waals surface area contributed by atoms with Gasteiger partial charge in [-0.2, -0.15) is 10.2 Å². The van der Waals surface area contributed by atoms with Crippen LogP contribution < -0.4 is 10.1 Å². The van der Waals surface area contributed by atoms with Crippen LogP contribution in [0.2, 0.25) is 0 Å². The minimum atomic E-state index is -1.90. The molecule has 3 rings (SSSR count). The average molecular weight is 408 g/mol. The van der Waals surface area contributed by atoms with E-state index in [0.29, 0.717) is 36.2 Å². The first-order valence-corrected chi connectivity index (χ1v) is 10.7. The third-order valence-electron chi connectivity index (χ3n) is 4.51. The van der Waals surface area contributed by atoms with Crippen molar-refractivity contribution in [1.82, 2.24) is 19.6 Å². The number of urea groups is 1. The largest absolute Gasteiger partial charge is 0.479 e. The van der Waals surface area contributed by atoms with E-state index in [1.807, 2.05) is 25.5 Å². The Hall–Kier alpha value is -2.36. The van der Waals surface area contributed by atoms with Gasteiger partial charge in [-0.1, -0.05) is 27.7 Å². The maximum atomic E-state index is 12.6. The molecule has 28 heavy (non-hydrogen) atoms. The van der Waals surface area contributed by atoms with Gasteiger partial charge >= 0.3 is 6.03 Å². The molecular weight excluding hydrogens is 380 g/mol. The Morgan fingerprint density at radius 2 is 2.11 bits per heavy atom. The second kappa shape index (κ2) is 8.34. The summed E-state index contributed by atoms with van der Waals surface area (Å²) < 4.78 is 25.5. The standard InChI is InChI=1S/C18H27N6O3S/c1-6-23-16(12(4)5)15(14(21-23)11(2)3)20-18(25)22-28(26)13-10-19-24-8-7-9-27-17(13)24/h10-12H,6-9H2,1-5H3,(H,20,25)/q-1. The number of ether oxygens (including phenoxy) is 1. The Bertz CT molecular complexity index is 953. The van der Waals surface area contributed by atoms with Crippen molar-refractivity contribution in [3.05, 3.63) is 17.6 Å². The monoisotopic (exact) mass is 407 g/mol. The predicted molar refractivity (Wildman–Crippen MR) is 106 cm³/mol. The number of hydrogen-bond acceptors (Lipinski definition) is 6. The molecule has 0 fully saturated rings. The van der Waals surface area contributed by atoms with Crippen LogP contribution in [0.4, 0.5) is 10.5 Å². The van der Waals surface area contributed by atoms with Crippen molar-refractivity contribution in [1.29, 1.82) is 0 Å². The number of anilines is 1. The number of aryl methyl sites for hydroxylation is 2. The summed E-state index contributed by atoms with van der Waals surface area (Å²) in [6.45, 7) is 12.1. The van der Waals surface area contributed by atoms with Crippen LogP contribution in [0.3, 0.4) is 0 Å². The van der Waals surface area contributed by atoms with Crippen LogP contribution in [0.5, 0.6) is 5.88 Å². The summed E-state index contributed by atoms with van der Waals surface area (Å²) in [6, 6.07) is -0.673. The van der Waals surface area contributed by atoms with Gasteiger partial charge < -0.3 is 18.6 Å². The molecule has 0 saturated carbocycles. The lowest BCUT2D eigenvalue weighted by Crippen LogP contribution is -2.15. The van der Waals surface area contributed by atoms with E-state index in [9.17, 15) is 9.00 Å². The molecule has 2 aromatic rings. The zero-order chi connectivity index (χ0) is 20.4. The summed E-state index contributed by atoms with van der Waals surface area (Å²) in [5, 5.41) is 11.6. The molecule has 0 bridgehead atoms. The summed E-state index contributed by atoms with van der Waals surface area (Å²) >= 11 is 0. The van der Waals surface area contributed by atoms with Crippen LogP contribution in [0.15, 0.2) is 15.5 Å². The summed E-state index contributed by atoms with van der Waals surface area (Å²) in [5.41, 5.74) is 2.39. The fourth-order valence-corrected chi connectivity index (χ4v) is 4.02. The van der Waals surface area contributed by atoms with Gasteiger partial charge in [0.2, 0.25) is 0 Å². The van der Waals surface area contributed by atoms with Gasteiger partial charge in [-0.05, 0) is 23.7 Å².